The van der Waals surface area contributed by atoms with Gasteiger partial charge in [0, 0.05) is 12.5 Å². The Balaban J connectivity index is 2.00. The first kappa shape index (κ1) is 21.9. The average Bonchev–Trinajstić information content (AvgIpc) is 2.92. The van der Waals surface area contributed by atoms with Gasteiger partial charge in [0.1, 0.15) is 11.5 Å². The van der Waals surface area contributed by atoms with E-state index in [1.54, 1.807) is 37.3 Å². The molecule has 0 spiro atoms. The first-order chi connectivity index (χ1) is 15.5. The van der Waals surface area contributed by atoms with Crippen molar-refractivity contribution in [1.29, 1.82) is 0 Å². The third-order valence-electron chi connectivity index (χ3n) is 5.08. The first-order valence-corrected chi connectivity index (χ1v) is 11.1. The van der Waals surface area contributed by atoms with E-state index < -0.39 is 6.23 Å². The maximum absolute atomic E-state index is 13.0. The van der Waals surface area contributed by atoms with E-state index in [1.807, 2.05) is 32.0 Å². The molecule has 0 saturated carbocycles. The summed E-state index contributed by atoms with van der Waals surface area (Å²) in [5, 5.41) is 9.19. The molecule has 2 heterocycles. The fourth-order valence-corrected chi connectivity index (χ4v) is 4.15. The number of aryl methyl sites for hydroxylation is 1. The van der Waals surface area contributed by atoms with Gasteiger partial charge in [0.15, 0.2) is 5.69 Å². The number of thioether (sulfide) groups is 1. The number of hydrogen-bond donors (Lipinski definition) is 0. The van der Waals surface area contributed by atoms with E-state index in [0.717, 1.165) is 16.9 Å². The van der Waals surface area contributed by atoms with E-state index in [4.69, 9.17) is 14.2 Å². The Labute approximate surface area is 190 Å². The summed E-state index contributed by atoms with van der Waals surface area (Å²) in [7, 11) is 3.16. The molecule has 8 nitrogen and oxygen atoms in total. The lowest BCUT2D eigenvalue weighted by molar-refractivity contribution is -0.118. The highest BCUT2D eigenvalue weighted by Gasteiger charge is 2.36. The predicted molar refractivity (Wildman–Crippen MR) is 122 cm³/mol. The lowest BCUT2D eigenvalue weighted by Crippen LogP contribution is -2.36. The van der Waals surface area contributed by atoms with Crippen LogP contribution in [0.5, 0.6) is 17.4 Å². The molecule has 0 aliphatic carbocycles. The minimum absolute atomic E-state index is 0.200. The van der Waals surface area contributed by atoms with Crippen molar-refractivity contribution in [2.24, 2.45) is 0 Å². The van der Waals surface area contributed by atoms with Gasteiger partial charge in [0.2, 0.25) is 23.2 Å². The van der Waals surface area contributed by atoms with Crippen LogP contribution in [0, 0.1) is 6.92 Å². The number of ether oxygens (including phenoxy) is 3. The van der Waals surface area contributed by atoms with E-state index >= 15 is 0 Å². The lowest BCUT2D eigenvalue weighted by Gasteiger charge is -2.31. The summed E-state index contributed by atoms with van der Waals surface area (Å²) < 4.78 is 17.4. The number of carbonyl (C=O) groups is 1. The Hall–Kier alpha value is -3.33. The molecule has 9 heteroatoms. The standard InChI is InChI=1S/C23H24N4O4S/c1-6-32-23-24-21-20(25-26-23)16-11-13(2)7-9-18(16)27(14(3)28)22(31-21)17-12-15(29-4)8-10-19(17)30-5/h7-12,22H,6H2,1-5H3/t22-/m0/s1. The summed E-state index contributed by atoms with van der Waals surface area (Å²) in [5.74, 6) is 2.08. The van der Waals surface area contributed by atoms with Gasteiger partial charge >= 0.3 is 0 Å². The van der Waals surface area contributed by atoms with E-state index in [0.29, 0.717) is 39.5 Å². The van der Waals surface area contributed by atoms with Gasteiger partial charge in [-0.05, 0) is 43.0 Å². The third kappa shape index (κ3) is 3.95. The van der Waals surface area contributed by atoms with Crippen LogP contribution in [-0.4, -0.2) is 41.1 Å². The number of carbonyl (C=O) groups excluding carboxylic acids is 1. The van der Waals surface area contributed by atoms with Gasteiger partial charge in [-0.1, -0.05) is 30.3 Å². The second-order valence-electron chi connectivity index (χ2n) is 7.17. The minimum Gasteiger partial charge on any atom is -0.497 e. The number of anilines is 1. The number of amides is 1. The molecule has 0 N–H and O–H groups in total. The molecule has 1 atom stereocenters. The van der Waals surface area contributed by atoms with Crippen molar-refractivity contribution >= 4 is 23.4 Å². The van der Waals surface area contributed by atoms with Crippen molar-refractivity contribution in [2.75, 3.05) is 24.9 Å². The van der Waals surface area contributed by atoms with Gasteiger partial charge in [-0.2, -0.15) is 4.98 Å². The SMILES string of the molecule is CCSc1nnc2c(n1)O[C@@H](c1cc(OC)ccc1OC)N(C(C)=O)c1ccc(C)cc1-2. The highest BCUT2D eigenvalue weighted by Crippen LogP contribution is 2.45. The molecule has 2 aromatic carbocycles. The quantitative estimate of drug-likeness (QED) is 0.526. The smallest absolute Gasteiger partial charge is 0.247 e. The van der Waals surface area contributed by atoms with Crippen LogP contribution >= 0.6 is 11.8 Å². The Morgan fingerprint density at radius 1 is 1.16 bits per heavy atom. The van der Waals surface area contributed by atoms with Crippen molar-refractivity contribution in [2.45, 2.75) is 32.2 Å². The van der Waals surface area contributed by atoms with Gasteiger partial charge < -0.3 is 14.2 Å². The van der Waals surface area contributed by atoms with Crippen molar-refractivity contribution in [3.63, 3.8) is 0 Å². The first-order valence-electron chi connectivity index (χ1n) is 10.1. The molecule has 1 aliphatic heterocycles. The summed E-state index contributed by atoms with van der Waals surface area (Å²) >= 11 is 1.47. The topological polar surface area (TPSA) is 86.7 Å². The van der Waals surface area contributed by atoms with Crippen molar-refractivity contribution < 1.29 is 19.0 Å². The van der Waals surface area contributed by atoms with Crippen LogP contribution in [0.15, 0.2) is 41.6 Å². The van der Waals surface area contributed by atoms with Crippen molar-refractivity contribution in [1.82, 2.24) is 15.2 Å². The van der Waals surface area contributed by atoms with Crippen LogP contribution in [0.4, 0.5) is 5.69 Å². The van der Waals surface area contributed by atoms with Crippen LogP contribution in [-0.2, 0) is 4.79 Å². The Morgan fingerprint density at radius 3 is 2.66 bits per heavy atom. The molecule has 1 aliphatic rings. The average molecular weight is 453 g/mol. The van der Waals surface area contributed by atoms with Crippen molar-refractivity contribution in [3.8, 4) is 28.6 Å². The Kier molecular flexibility index (Phi) is 6.18. The number of aromatic nitrogens is 3. The molecule has 0 fully saturated rings. The van der Waals surface area contributed by atoms with Gasteiger partial charge in [-0.15, -0.1) is 10.2 Å². The molecule has 0 saturated heterocycles. The minimum atomic E-state index is -0.851. The molecule has 1 amide bonds. The number of rotatable bonds is 5. The van der Waals surface area contributed by atoms with E-state index in [2.05, 4.69) is 15.2 Å². The van der Waals surface area contributed by atoms with E-state index in [1.165, 1.54) is 18.7 Å². The predicted octanol–water partition coefficient (Wildman–Crippen LogP) is 4.42. The number of benzene rings is 2. The molecule has 166 valence electrons. The number of methoxy groups -OCH3 is 2. The summed E-state index contributed by atoms with van der Waals surface area (Å²) in [6.07, 6.45) is -0.851. The van der Waals surface area contributed by atoms with Gasteiger partial charge in [0.25, 0.3) is 0 Å². The third-order valence-corrected chi connectivity index (χ3v) is 5.80. The van der Waals surface area contributed by atoms with Crippen LogP contribution in [0.25, 0.3) is 11.3 Å². The molecule has 0 radical (unpaired) electrons. The van der Waals surface area contributed by atoms with Gasteiger partial charge in [0.05, 0.1) is 25.5 Å². The molecular formula is C23H24N4O4S. The number of nitrogens with zero attached hydrogens (tertiary/aromatic N) is 4. The highest BCUT2D eigenvalue weighted by molar-refractivity contribution is 7.99. The zero-order valence-electron chi connectivity index (χ0n) is 18.6. The van der Waals surface area contributed by atoms with E-state index in [-0.39, 0.29) is 5.91 Å². The normalized spacial score (nSPS) is 14.7. The maximum atomic E-state index is 13.0. The molecule has 32 heavy (non-hydrogen) atoms. The highest BCUT2D eigenvalue weighted by atomic mass is 32.2. The number of fused-ring (bicyclic) bond motifs is 3. The lowest BCUT2D eigenvalue weighted by atomic mass is 10.0. The van der Waals surface area contributed by atoms with Crippen LogP contribution in [0.2, 0.25) is 0 Å². The monoisotopic (exact) mass is 452 g/mol. The zero-order valence-corrected chi connectivity index (χ0v) is 19.4. The summed E-state index contributed by atoms with van der Waals surface area (Å²) in [6.45, 7) is 5.50. The molecule has 3 aromatic rings. The van der Waals surface area contributed by atoms with Gasteiger partial charge in [-0.3, -0.25) is 9.69 Å². The molecule has 1 aromatic heterocycles. The Bertz CT molecular complexity index is 1170. The van der Waals surface area contributed by atoms with Gasteiger partial charge in [-0.25, -0.2) is 0 Å². The molecule has 4 rings (SSSR count). The second-order valence-corrected chi connectivity index (χ2v) is 8.40. The fraction of sp³-hybridized carbons (Fsp3) is 0.304. The van der Waals surface area contributed by atoms with Crippen molar-refractivity contribution in [3.05, 3.63) is 47.5 Å². The van der Waals surface area contributed by atoms with E-state index in [9.17, 15) is 4.79 Å². The summed E-state index contributed by atoms with van der Waals surface area (Å²) in [4.78, 5) is 19.2. The summed E-state index contributed by atoms with van der Waals surface area (Å²) in [6, 6.07) is 11.2. The second kappa shape index (κ2) is 9.04. The fourth-order valence-electron chi connectivity index (χ4n) is 3.64. The largest absolute Gasteiger partial charge is 0.497 e. The summed E-state index contributed by atoms with van der Waals surface area (Å²) in [5.41, 5.74) is 3.52. The van der Waals surface area contributed by atoms with Crippen LogP contribution in [0.3, 0.4) is 0 Å². The van der Waals surface area contributed by atoms with Crippen LogP contribution < -0.4 is 19.1 Å². The zero-order chi connectivity index (χ0) is 22.8. The van der Waals surface area contributed by atoms with Crippen LogP contribution in [0.1, 0.15) is 31.2 Å². The molecule has 0 bridgehead atoms. The Morgan fingerprint density at radius 2 is 1.97 bits per heavy atom. The number of hydrogen-bond acceptors (Lipinski definition) is 8. The molecule has 0 unspecified atom stereocenters. The maximum Gasteiger partial charge on any atom is 0.247 e. The molecular weight excluding hydrogens is 428 g/mol.